The first-order chi connectivity index (χ1) is 16.0. The van der Waals surface area contributed by atoms with Gasteiger partial charge in [0.2, 0.25) is 0 Å². The Bertz CT molecular complexity index is 1210. The highest BCUT2D eigenvalue weighted by Crippen LogP contribution is 2.32. The number of carbonyl (C=O) groups excluding carboxylic acids is 1. The number of aryl methyl sites for hydroxylation is 1. The number of nitrogens with zero attached hydrogens (tertiary/aromatic N) is 1. The highest BCUT2D eigenvalue weighted by atomic mass is 16.5. The Balaban J connectivity index is 1.61. The van der Waals surface area contributed by atoms with Gasteiger partial charge in [-0.3, -0.25) is 0 Å². The average molecular weight is 441 g/mol. The normalized spacial score (nSPS) is 11.7. The van der Waals surface area contributed by atoms with E-state index in [0.29, 0.717) is 18.1 Å². The fourth-order valence-electron chi connectivity index (χ4n) is 3.67. The van der Waals surface area contributed by atoms with Gasteiger partial charge in [-0.2, -0.15) is 0 Å². The minimum absolute atomic E-state index is 0.179. The molecule has 0 fully saturated rings. The van der Waals surface area contributed by atoms with Crippen LogP contribution in [0.25, 0.3) is 11.1 Å². The maximum absolute atomic E-state index is 13.0. The van der Waals surface area contributed by atoms with Crippen LogP contribution in [-0.4, -0.2) is 10.5 Å². The van der Waals surface area contributed by atoms with Crippen molar-refractivity contribution in [2.75, 3.05) is 0 Å². The van der Waals surface area contributed by atoms with E-state index in [2.05, 4.69) is 0 Å². The number of hydrogen-bond donors (Lipinski definition) is 1. The number of nitrogens with two attached hydrogens (primary N) is 1. The van der Waals surface area contributed by atoms with E-state index >= 15 is 0 Å². The molecule has 0 amide bonds. The van der Waals surface area contributed by atoms with Gasteiger partial charge in [-0.1, -0.05) is 60.7 Å². The highest BCUT2D eigenvalue weighted by Gasteiger charge is 2.20. The largest absolute Gasteiger partial charge is 0.489 e. The van der Waals surface area contributed by atoms with Crippen molar-refractivity contribution in [3.63, 3.8) is 0 Å². The first-order valence-electron chi connectivity index (χ1n) is 11.0. The molecule has 5 nitrogen and oxygen atoms in total. The van der Waals surface area contributed by atoms with Gasteiger partial charge in [-0.05, 0) is 53.4 Å². The van der Waals surface area contributed by atoms with E-state index in [-0.39, 0.29) is 18.6 Å². The van der Waals surface area contributed by atoms with Crippen LogP contribution in [0.3, 0.4) is 0 Å². The Labute approximate surface area is 194 Å². The SMILES string of the molecule is C[C@@H](N)c1cc(OCc2ccccc2)cc(-c2ccn(C)c2C(=O)OCc2ccccc2)c1. The Kier molecular flexibility index (Phi) is 6.91. The predicted molar refractivity (Wildman–Crippen MR) is 130 cm³/mol. The number of aromatic nitrogens is 1. The monoisotopic (exact) mass is 440 g/mol. The minimum Gasteiger partial charge on any atom is -0.489 e. The second-order valence-corrected chi connectivity index (χ2v) is 8.10. The van der Waals surface area contributed by atoms with Gasteiger partial charge in [0.25, 0.3) is 0 Å². The summed E-state index contributed by atoms with van der Waals surface area (Å²) in [5, 5.41) is 0. The second kappa shape index (κ2) is 10.2. The molecule has 0 spiro atoms. The molecular formula is C28H28N2O3. The lowest BCUT2D eigenvalue weighted by Crippen LogP contribution is -2.11. The smallest absolute Gasteiger partial charge is 0.355 e. The van der Waals surface area contributed by atoms with Crippen molar-refractivity contribution < 1.29 is 14.3 Å². The lowest BCUT2D eigenvalue weighted by molar-refractivity contribution is 0.0462. The molecule has 1 heterocycles. The quantitative estimate of drug-likeness (QED) is 0.360. The van der Waals surface area contributed by atoms with Crippen LogP contribution in [0.1, 0.15) is 40.1 Å². The van der Waals surface area contributed by atoms with E-state index in [1.807, 2.05) is 105 Å². The summed E-state index contributed by atoms with van der Waals surface area (Å²) in [6.07, 6.45) is 1.86. The lowest BCUT2D eigenvalue weighted by atomic mass is 9.99. The second-order valence-electron chi connectivity index (χ2n) is 8.10. The van der Waals surface area contributed by atoms with Gasteiger partial charge in [0.1, 0.15) is 24.7 Å². The molecule has 3 aromatic carbocycles. The molecule has 0 unspecified atom stereocenters. The highest BCUT2D eigenvalue weighted by molar-refractivity contribution is 5.96. The fraction of sp³-hybridized carbons (Fsp3) is 0.179. The van der Waals surface area contributed by atoms with Crippen LogP contribution in [0.5, 0.6) is 5.75 Å². The maximum Gasteiger partial charge on any atom is 0.355 e. The molecule has 0 aliphatic heterocycles. The summed E-state index contributed by atoms with van der Waals surface area (Å²) in [5.41, 5.74) is 11.3. The molecule has 0 saturated carbocycles. The summed E-state index contributed by atoms with van der Waals surface area (Å²) in [5.74, 6) is 0.329. The Morgan fingerprint density at radius 2 is 1.55 bits per heavy atom. The summed E-state index contributed by atoms with van der Waals surface area (Å²) in [4.78, 5) is 13.0. The zero-order valence-electron chi connectivity index (χ0n) is 18.9. The van der Waals surface area contributed by atoms with Crippen molar-refractivity contribution in [3.05, 3.63) is 114 Å². The fourth-order valence-corrected chi connectivity index (χ4v) is 3.67. The van der Waals surface area contributed by atoms with Crippen LogP contribution in [0, 0.1) is 0 Å². The van der Waals surface area contributed by atoms with Crippen molar-refractivity contribution in [2.24, 2.45) is 12.8 Å². The molecule has 1 atom stereocenters. The third kappa shape index (κ3) is 5.51. The van der Waals surface area contributed by atoms with E-state index in [0.717, 1.165) is 27.8 Å². The van der Waals surface area contributed by atoms with Crippen molar-refractivity contribution in [3.8, 4) is 16.9 Å². The lowest BCUT2D eigenvalue weighted by Gasteiger charge is -2.14. The third-order valence-electron chi connectivity index (χ3n) is 5.49. The van der Waals surface area contributed by atoms with Gasteiger partial charge in [-0.25, -0.2) is 4.79 Å². The number of esters is 1. The maximum atomic E-state index is 13.0. The molecule has 0 bridgehead atoms. The zero-order chi connectivity index (χ0) is 23.2. The first-order valence-corrected chi connectivity index (χ1v) is 11.0. The van der Waals surface area contributed by atoms with E-state index in [1.165, 1.54) is 0 Å². The molecule has 4 rings (SSSR count). The molecule has 0 radical (unpaired) electrons. The predicted octanol–water partition coefficient (Wildman–Crippen LogP) is 5.65. The number of benzene rings is 3. The van der Waals surface area contributed by atoms with Crippen LogP contribution in [0.15, 0.2) is 91.1 Å². The Morgan fingerprint density at radius 3 is 2.18 bits per heavy atom. The molecule has 1 aromatic heterocycles. The van der Waals surface area contributed by atoms with Crippen molar-refractivity contribution >= 4 is 5.97 Å². The summed E-state index contributed by atoms with van der Waals surface area (Å²) in [6.45, 7) is 2.60. The summed E-state index contributed by atoms with van der Waals surface area (Å²) in [7, 11) is 1.84. The van der Waals surface area contributed by atoms with Gasteiger partial charge < -0.3 is 19.8 Å². The van der Waals surface area contributed by atoms with Crippen molar-refractivity contribution in [1.82, 2.24) is 4.57 Å². The van der Waals surface area contributed by atoms with Gasteiger partial charge in [-0.15, -0.1) is 0 Å². The van der Waals surface area contributed by atoms with Crippen molar-refractivity contribution in [1.29, 1.82) is 0 Å². The molecule has 2 N–H and O–H groups in total. The standard InChI is InChI=1S/C28H28N2O3/c1-20(29)23-15-24(17-25(16-23)32-18-21-9-5-3-6-10-21)26-13-14-30(2)27(26)28(31)33-19-22-11-7-4-8-12-22/h3-17,20H,18-19,29H2,1-2H3/t20-/m1/s1. The van der Waals surface area contributed by atoms with E-state index in [9.17, 15) is 4.79 Å². The number of carbonyl (C=O) groups is 1. The molecule has 0 saturated heterocycles. The van der Waals surface area contributed by atoms with Crippen molar-refractivity contribution in [2.45, 2.75) is 26.2 Å². The zero-order valence-corrected chi connectivity index (χ0v) is 18.9. The third-order valence-corrected chi connectivity index (χ3v) is 5.49. The molecule has 0 aliphatic carbocycles. The Morgan fingerprint density at radius 1 is 0.909 bits per heavy atom. The molecule has 33 heavy (non-hydrogen) atoms. The number of rotatable bonds is 8. The summed E-state index contributed by atoms with van der Waals surface area (Å²) < 4.78 is 13.5. The van der Waals surface area contributed by atoms with E-state index < -0.39 is 0 Å². The van der Waals surface area contributed by atoms with Crippen LogP contribution in [0.4, 0.5) is 0 Å². The topological polar surface area (TPSA) is 66.5 Å². The molecule has 5 heteroatoms. The minimum atomic E-state index is -0.376. The van der Waals surface area contributed by atoms with Gasteiger partial charge in [0.15, 0.2) is 0 Å². The van der Waals surface area contributed by atoms with Gasteiger partial charge in [0.05, 0.1) is 0 Å². The Hall–Kier alpha value is -3.83. The number of hydrogen-bond acceptors (Lipinski definition) is 4. The van der Waals surface area contributed by atoms with Crippen LogP contribution >= 0.6 is 0 Å². The summed E-state index contributed by atoms with van der Waals surface area (Å²) >= 11 is 0. The van der Waals surface area contributed by atoms with Gasteiger partial charge >= 0.3 is 5.97 Å². The molecule has 0 aliphatic rings. The first kappa shape index (κ1) is 22.4. The average Bonchev–Trinajstić information content (AvgIpc) is 3.24. The van der Waals surface area contributed by atoms with Crippen LogP contribution < -0.4 is 10.5 Å². The molecule has 168 valence electrons. The van der Waals surface area contributed by atoms with Crippen LogP contribution in [-0.2, 0) is 25.0 Å². The van der Waals surface area contributed by atoms with Crippen LogP contribution in [0.2, 0.25) is 0 Å². The van der Waals surface area contributed by atoms with E-state index in [1.54, 1.807) is 4.57 Å². The summed E-state index contributed by atoms with van der Waals surface area (Å²) in [6, 6.07) is 27.3. The van der Waals surface area contributed by atoms with Gasteiger partial charge in [0, 0.05) is 24.8 Å². The molecule has 4 aromatic rings. The van der Waals surface area contributed by atoms with E-state index in [4.69, 9.17) is 15.2 Å². The molecular weight excluding hydrogens is 412 g/mol. The number of ether oxygens (including phenoxy) is 2.